The summed E-state index contributed by atoms with van der Waals surface area (Å²) < 4.78 is 0. The highest BCUT2D eigenvalue weighted by molar-refractivity contribution is 5.22. The summed E-state index contributed by atoms with van der Waals surface area (Å²) in [7, 11) is 0. The maximum absolute atomic E-state index is 7.24. The van der Waals surface area contributed by atoms with E-state index in [2.05, 4.69) is 50.2 Å². The van der Waals surface area contributed by atoms with Crippen molar-refractivity contribution in [2.45, 2.75) is 46.1 Å². The number of hydrogen-bond donors (Lipinski definition) is 1. The SMILES string of the molecule is CCC(C)CC(Cc1ccc(C)cc1)N=N. The minimum Gasteiger partial charge on any atom is -0.210 e. The Morgan fingerprint density at radius 1 is 1.25 bits per heavy atom. The lowest BCUT2D eigenvalue weighted by atomic mass is 9.95. The second kappa shape index (κ2) is 6.41. The number of aryl methyl sites for hydroxylation is 1. The molecule has 0 aromatic heterocycles. The third-order valence-electron chi connectivity index (χ3n) is 3.15. The Bertz CT molecular complexity index is 316. The second-order valence-corrected chi connectivity index (χ2v) is 4.72. The van der Waals surface area contributed by atoms with Gasteiger partial charge in [0, 0.05) is 0 Å². The molecule has 1 aromatic rings. The van der Waals surface area contributed by atoms with Crippen molar-refractivity contribution in [2.24, 2.45) is 11.0 Å². The molecule has 1 rings (SSSR count). The van der Waals surface area contributed by atoms with E-state index in [0.29, 0.717) is 5.92 Å². The molecule has 2 unspecified atom stereocenters. The Morgan fingerprint density at radius 2 is 1.88 bits per heavy atom. The van der Waals surface area contributed by atoms with Crippen LogP contribution in [-0.4, -0.2) is 6.04 Å². The standard InChI is InChI=1S/C14H22N2/c1-4-11(2)9-14(16-15)10-13-7-5-12(3)6-8-13/h5-8,11,14-15H,4,9-10H2,1-3H3. The number of hydrogen-bond acceptors (Lipinski definition) is 2. The fourth-order valence-electron chi connectivity index (χ4n) is 1.81. The average Bonchev–Trinajstić information content (AvgIpc) is 2.30. The van der Waals surface area contributed by atoms with Gasteiger partial charge in [-0.05, 0) is 31.2 Å². The fourth-order valence-corrected chi connectivity index (χ4v) is 1.81. The van der Waals surface area contributed by atoms with Crippen LogP contribution < -0.4 is 0 Å². The Kier molecular flexibility index (Phi) is 5.17. The zero-order valence-corrected chi connectivity index (χ0v) is 10.5. The summed E-state index contributed by atoms with van der Waals surface area (Å²) in [6.45, 7) is 6.51. The van der Waals surface area contributed by atoms with E-state index in [4.69, 9.17) is 5.53 Å². The molecule has 0 heterocycles. The van der Waals surface area contributed by atoms with Gasteiger partial charge < -0.3 is 0 Å². The lowest BCUT2D eigenvalue weighted by molar-refractivity contribution is 0.437. The first kappa shape index (κ1) is 12.9. The third-order valence-corrected chi connectivity index (χ3v) is 3.15. The first-order valence-electron chi connectivity index (χ1n) is 6.07. The van der Waals surface area contributed by atoms with Gasteiger partial charge in [-0.15, -0.1) is 0 Å². The lowest BCUT2D eigenvalue weighted by Gasteiger charge is -2.15. The van der Waals surface area contributed by atoms with Crippen molar-refractivity contribution >= 4 is 0 Å². The molecule has 2 nitrogen and oxygen atoms in total. The van der Waals surface area contributed by atoms with Gasteiger partial charge in [0.2, 0.25) is 0 Å². The predicted octanol–water partition coefficient (Wildman–Crippen LogP) is 4.37. The fraction of sp³-hybridized carbons (Fsp3) is 0.571. The highest BCUT2D eigenvalue weighted by atomic mass is 15.0. The van der Waals surface area contributed by atoms with Crippen molar-refractivity contribution in [3.05, 3.63) is 35.4 Å². The average molecular weight is 218 g/mol. The van der Waals surface area contributed by atoms with Crippen LogP contribution in [0.2, 0.25) is 0 Å². The summed E-state index contributed by atoms with van der Waals surface area (Å²) in [4.78, 5) is 0. The summed E-state index contributed by atoms with van der Waals surface area (Å²) in [6, 6.07) is 8.69. The zero-order chi connectivity index (χ0) is 12.0. The van der Waals surface area contributed by atoms with Crippen LogP contribution in [0.3, 0.4) is 0 Å². The number of benzene rings is 1. The third kappa shape index (κ3) is 4.13. The highest BCUT2D eigenvalue weighted by Gasteiger charge is 2.11. The van der Waals surface area contributed by atoms with Crippen molar-refractivity contribution in [1.29, 1.82) is 5.53 Å². The van der Waals surface area contributed by atoms with Gasteiger partial charge in [-0.2, -0.15) is 5.11 Å². The van der Waals surface area contributed by atoms with Crippen LogP contribution in [0.15, 0.2) is 29.4 Å². The predicted molar refractivity (Wildman–Crippen MR) is 67.9 cm³/mol. The molecule has 16 heavy (non-hydrogen) atoms. The summed E-state index contributed by atoms with van der Waals surface area (Å²) in [5.41, 5.74) is 9.81. The molecule has 0 radical (unpaired) electrons. The highest BCUT2D eigenvalue weighted by Crippen LogP contribution is 2.16. The quantitative estimate of drug-likeness (QED) is 0.688. The Morgan fingerprint density at radius 3 is 2.38 bits per heavy atom. The van der Waals surface area contributed by atoms with Gasteiger partial charge in [0.05, 0.1) is 6.04 Å². The summed E-state index contributed by atoms with van der Waals surface area (Å²) in [6.07, 6.45) is 3.09. The van der Waals surface area contributed by atoms with Gasteiger partial charge in [-0.1, -0.05) is 50.1 Å². The molecule has 0 saturated carbocycles. The Balaban J connectivity index is 2.56. The molecular weight excluding hydrogens is 196 g/mol. The lowest BCUT2D eigenvalue weighted by Crippen LogP contribution is -2.12. The molecule has 0 spiro atoms. The van der Waals surface area contributed by atoms with E-state index in [0.717, 1.165) is 12.8 Å². The number of nitrogens with zero attached hydrogens (tertiary/aromatic N) is 1. The molecule has 2 atom stereocenters. The van der Waals surface area contributed by atoms with Gasteiger partial charge >= 0.3 is 0 Å². The minimum absolute atomic E-state index is 0.151. The molecule has 0 aliphatic heterocycles. The largest absolute Gasteiger partial charge is 0.210 e. The van der Waals surface area contributed by atoms with Gasteiger partial charge in [-0.3, -0.25) is 0 Å². The molecule has 0 aliphatic rings. The minimum atomic E-state index is 0.151. The first-order valence-corrected chi connectivity index (χ1v) is 6.07. The Labute approximate surface area is 98.6 Å². The summed E-state index contributed by atoms with van der Waals surface area (Å²) >= 11 is 0. The molecular formula is C14H22N2. The van der Waals surface area contributed by atoms with Crippen molar-refractivity contribution in [3.8, 4) is 0 Å². The van der Waals surface area contributed by atoms with Crippen LogP contribution in [0.1, 0.15) is 37.8 Å². The zero-order valence-electron chi connectivity index (χ0n) is 10.5. The summed E-state index contributed by atoms with van der Waals surface area (Å²) in [5.74, 6) is 0.657. The van der Waals surface area contributed by atoms with Gasteiger partial charge in [0.25, 0.3) is 0 Å². The van der Waals surface area contributed by atoms with Crippen molar-refractivity contribution in [3.63, 3.8) is 0 Å². The normalized spacial score (nSPS) is 14.4. The van der Waals surface area contributed by atoms with Gasteiger partial charge in [0.15, 0.2) is 0 Å². The van der Waals surface area contributed by atoms with Crippen LogP contribution in [0.4, 0.5) is 0 Å². The van der Waals surface area contributed by atoms with E-state index >= 15 is 0 Å². The van der Waals surface area contributed by atoms with E-state index in [-0.39, 0.29) is 6.04 Å². The van der Waals surface area contributed by atoms with Crippen LogP contribution in [0.25, 0.3) is 0 Å². The topological polar surface area (TPSA) is 36.2 Å². The van der Waals surface area contributed by atoms with Gasteiger partial charge in [-0.25, -0.2) is 5.53 Å². The summed E-state index contributed by atoms with van der Waals surface area (Å²) in [5, 5.41) is 3.74. The van der Waals surface area contributed by atoms with E-state index in [9.17, 15) is 0 Å². The molecule has 0 fully saturated rings. The van der Waals surface area contributed by atoms with Gasteiger partial charge in [0.1, 0.15) is 0 Å². The van der Waals surface area contributed by atoms with E-state index in [1.165, 1.54) is 17.5 Å². The molecule has 1 aromatic carbocycles. The molecule has 0 saturated heterocycles. The van der Waals surface area contributed by atoms with Crippen LogP contribution >= 0.6 is 0 Å². The smallest absolute Gasteiger partial charge is 0.0748 e. The van der Waals surface area contributed by atoms with E-state index in [1.54, 1.807) is 0 Å². The van der Waals surface area contributed by atoms with Crippen molar-refractivity contribution < 1.29 is 0 Å². The van der Waals surface area contributed by atoms with Crippen LogP contribution in [0, 0.1) is 18.4 Å². The molecule has 0 bridgehead atoms. The maximum Gasteiger partial charge on any atom is 0.0748 e. The molecule has 1 N–H and O–H groups in total. The van der Waals surface area contributed by atoms with E-state index < -0.39 is 0 Å². The molecule has 88 valence electrons. The maximum atomic E-state index is 7.24. The van der Waals surface area contributed by atoms with Crippen LogP contribution in [0.5, 0.6) is 0 Å². The second-order valence-electron chi connectivity index (χ2n) is 4.72. The monoisotopic (exact) mass is 218 g/mol. The first-order chi connectivity index (χ1) is 7.65. The van der Waals surface area contributed by atoms with E-state index in [1.807, 2.05) is 0 Å². The van der Waals surface area contributed by atoms with Crippen molar-refractivity contribution in [2.75, 3.05) is 0 Å². The molecule has 0 aliphatic carbocycles. The molecule has 0 amide bonds. The number of rotatable bonds is 6. The van der Waals surface area contributed by atoms with Crippen molar-refractivity contribution in [1.82, 2.24) is 0 Å². The number of nitrogens with one attached hydrogen (secondary N) is 1. The Hall–Kier alpha value is -1.18. The molecule has 2 heteroatoms. The van der Waals surface area contributed by atoms with Crippen LogP contribution in [-0.2, 0) is 6.42 Å².